The number of nitro groups is 1. The van der Waals surface area contributed by atoms with Crippen molar-refractivity contribution in [1.82, 2.24) is 0 Å². The van der Waals surface area contributed by atoms with Crippen molar-refractivity contribution >= 4 is 17.3 Å². The number of hydrogen-bond donors (Lipinski definition) is 1. The van der Waals surface area contributed by atoms with Gasteiger partial charge in [0.1, 0.15) is 22.9 Å². The van der Waals surface area contributed by atoms with Gasteiger partial charge in [0.15, 0.2) is 11.5 Å². The van der Waals surface area contributed by atoms with Crippen molar-refractivity contribution in [3.05, 3.63) is 82.2 Å². The predicted molar refractivity (Wildman–Crippen MR) is 112 cm³/mol. The molecule has 3 aromatic carbocycles. The number of anilines is 1. The fraction of sp³-hybridized carbons (Fsp3) is 0.136. The van der Waals surface area contributed by atoms with E-state index in [0.717, 1.165) is 6.07 Å². The lowest BCUT2D eigenvalue weighted by molar-refractivity contribution is -0.385. The molecular weight excluding hydrogens is 407 g/mol. The van der Waals surface area contributed by atoms with Crippen LogP contribution in [-0.2, 0) is 0 Å². The Hall–Kier alpha value is -4.14. The van der Waals surface area contributed by atoms with Crippen LogP contribution in [0, 0.1) is 15.9 Å². The quantitative estimate of drug-likeness (QED) is 0.393. The van der Waals surface area contributed by atoms with E-state index in [0.29, 0.717) is 23.8 Å². The number of halogens is 1. The number of nitrogens with one attached hydrogen (secondary N) is 1. The average molecular weight is 426 g/mol. The highest BCUT2D eigenvalue weighted by Gasteiger charge is 2.25. The van der Waals surface area contributed by atoms with Gasteiger partial charge in [0.25, 0.3) is 11.6 Å². The molecule has 31 heavy (non-hydrogen) atoms. The average Bonchev–Trinajstić information content (AvgIpc) is 2.75. The maximum absolute atomic E-state index is 13.3. The van der Waals surface area contributed by atoms with Crippen LogP contribution in [0.4, 0.5) is 15.8 Å². The number of hydrogen-bond acceptors (Lipinski definition) is 6. The third kappa shape index (κ3) is 5.27. The summed E-state index contributed by atoms with van der Waals surface area (Å²) in [6.45, 7) is 2.04. The van der Waals surface area contributed by atoms with Crippen LogP contribution in [0.3, 0.4) is 0 Å². The zero-order chi connectivity index (χ0) is 22.4. The molecule has 0 heterocycles. The molecular formula is C22H19FN2O6. The first-order valence-electron chi connectivity index (χ1n) is 9.25. The summed E-state index contributed by atoms with van der Waals surface area (Å²) in [6.07, 6.45) is 0. The Morgan fingerprint density at radius 3 is 2.42 bits per heavy atom. The number of carbonyl (C=O) groups is 1. The summed E-state index contributed by atoms with van der Waals surface area (Å²) >= 11 is 0. The molecule has 9 heteroatoms. The number of carbonyl (C=O) groups excluding carboxylic acids is 1. The van der Waals surface area contributed by atoms with E-state index >= 15 is 0 Å². The molecule has 0 spiro atoms. The van der Waals surface area contributed by atoms with Crippen LogP contribution in [0.2, 0.25) is 0 Å². The highest BCUT2D eigenvalue weighted by molar-refractivity contribution is 6.07. The van der Waals surface area contributed by atoms with Gasteiger partial charge in [-0.3, -0.25) is 14.9 Å². The molecule has 0 bridgehead atoms. The SMILES string of the molecule is CCOc1cc(C(=O)Nc2ccc(Oc3cccc(F)c3)cc2)c([N+](=O)[O-])cc1OC. The van der Waals surface area contributed by atoms with Gasteiger partial charge in [0.05, 0.1) is 24.7 Å². The minimum absolute atomic E-state index is 0.156. The molecule has 8 nitrogen and oxygen atoms in total. The number of nitrogens with zero attached hydrogens (tertiary/aromatic N) is 1. The first-order chi connectivity index (χ1) is 14.9. The van der Waals surface area contributed by atoms with Crippen LogP contribution < -0.4 is 19.5 Å². The van der Waals surface area contributed by atoms with Gasteiger partial charge in [-0.05, 0) is 43.3 Å². The number of methoxy groups -OCH3 is 1. The van der Waals surface area contributed by atoms with Gasteiger partial charge in [-0.15, -0.1) is 0 Å². The predicted octanol–water partition coefficient (Wildman–Crippen LogP) is 5.19. The molecule has 0 unspecified atom stereocenters. The molecule has 0 aliphatic rings. The molecule has 0 atom stereocenters. The van der Waals surface area contributed by atoms with Crippen molar-refractivity contribution in [3.8, 4) is 23.0 Å². The molecule has 1 N–H and O–H groups in total. The minimum atomic E-state index is -0.686. The monoisotopic (exact) mass is 426 g/mol. The van der Waals surface area contributed by atoms with Gasteiger partial charge in [0, 0.05) is 17.8 Å². The van der Waals surface area contributed by atoms with Crippen molar-refractivity contribution < 1.29 is 28.3 Å². The number of rotatable bonds is 8. The molecule has 3 aromatic rings. The summed E-state index contributed by atoms with van der Waals surface area (Å²) in [4.78, 5) is 23.5. The summed E-state index contributed by atoms with van der Waals surface area (Å²) in [7, 11) is 1.36. The van der Waals surface area contributed by atoms with Crippen LogP contribution >= 0.6 is 0 Å². The second-order valence-corrected chi connectivity index (χ2v) is 6.25. The van der Waals surface area contributed by atoms with Crippen LogP contribution in [0.25, 0.3) is 0 Å². The van der Waals surface area contributed by atoms with E-state index in [1.54, 1.807) is 37.3 Å². The van der Waals surface area contributed by atoms with Gasteiger partial charge in [0.2, 0.25) is 0 Å². The molecule has 3 rings (SSSR count). The number of nitro benzene ring substituents is 1. The second kappa shape index (κ2) is 9.57. The van der Waals surface area contributed by atoms with Crippen molar-refractivity contribution in [3.63, 3.8) is 0 Å². The lowest BCUT2D eigenvalue weighted by Gasteiger charge is -2.12. The minimum Gasteiger partial charge on any atom is -0.493 e. The molecule has 0 aliphatic heterocycles. The first-order valence-corrected chi connectivity index (χ1v) is 9.25. The number of ether oxygens (including phenoxy) is 3. The molecule has 0 aliphatic carbocycles. The third-order valence-corrected chi connectivity index (χ3v) is 4.17. The summed E-state index contributed by atoms with van der Waals surface area (Å²) in [5.74, 6) is 0.0262. The number of amides is 1. The van der Waals surface area contributed by atoms with Crippen molar-refractivity contribution in [2.75, 3.05) is 19.0 Å². The van der Waals surface area contributed by atoms with Gasteiger partial charge >= 0.3 is 0 Å². The summed E-state index contributed by atoms with van der Waals surface area (Å²) < 4.78 is 29.3. The lowest BCUT2D eigenvalue weighted by atomic mass is 10.1. The largest absolute Gasteiger partial charge is 0.493 e. The van der Waals surface area contributed by atoms with Crippen LogP contribution in [-0.4, -0.2) is 24.5 Å². The molecule has 0 saturated carbocycles. The molecule has 0 aromatic heterocycles. The Morgan fingerprint density at radius 2 is 1.81 bits per heavy atom. The highest BCUT2D eigenvalue weighted by atomic mass is 19.1. The molecule has 0 radical (unpaired) electrons. The third-order valence-electron chi connectivity index (χ3n) is 4.17. The summed E-state index contributed by atoms with van der Waals surface area (Å²) in [5.41, 5.74) is -0.196. The fourth-order valence-corrected chi connectivity index (χ4v) is 2.78. The van der Waals surface area contributed by atoms with Crippen molar-refractivity contribution in [2.45, 2.75) is 6.92 Å². The van der Waals surface area contributed by atoms with Gasteiger partial charge < -0.3 is 19.5 Å². The van der Waals surface area contributed by atoms with Gasteiger partial charge in [-0.2, -0.15) is 0 Å². The normalized spacial score (nSPS) is 10.3. The standard InChI is InChI=1S/C22H19FN2O6/c1-3-30-21-12-18(19(25(27)28)13-20(21)29-2)22(26)24-15-7-9-16(10-8-15)31-17-6-4-5-14(23)11-17/h4-13H,3H2,1-2H3,(H,24,26). The maximum Gasteiger partial charge on any atom is 0.286 e. The second-order valence-electron chi connectivity index (χ2n) is 6.25. The van der Waals surface area contributed by atoms with Crippen molar-refractivity contribution in [2.24, 2.45) is 0 Å². The summed E-state index contributed by atoms with van der Waals surface area (Å²) in [5, 5.41) is 14.0. The van der Waals surface area contributed by atoms with E-state index in [9.17, 15) is 19.3 Å². The van der Waals surface area contributed by atoms with Crippen LogP contribution in [0.15, 0.2) is 60.7 Å². The summed E-state index contributed by atoms with van der Waals surface area (Å²) in [6, 6.07) is 14.4. The Kier molecular flexibility index (Phi) is 6.66. The maximum atomic E-state index is 13.3. The van der Waals surface area contributed by atoms with Crippen LogP contribution in [0.5, 0.6) is 23.0 Å². The Bertz CT molecular complexity index is 1100. The van der Waals surface area contributed by atoms with E-state index in [4.69, 9.17) is 14.2 Å². The first kappa shape index (κ1) is 21.6. The van der Waals surface area contributed by atoms with E-state index in [1.807, 2.05) is 0 Å². The Morgan fingerprint density at radius 1 is 1.06 bits per heavy atom. The van der Waals surface area contributed by atoms with Crippen LogP contribution in [0.1, 0.15) is 17.3 Å². The molecule has 1 amide bonds. The molecule has 160 valence electrons. The molecule has 0 fully saturated rings. The number of benzene rings is 3. The lowest BCUT2D eigenvalue weighted by Crippen LogP contribution is -2.14. The van der Waals surface area contributed by atoms with E-state index in [2.05, 4.69) is 5.32 Å². The van der Waals surface area contributed by atoms with Gasteiger partial charge in [-0.25, -0.2) is 4.39 Å². The van der Waals surface area contributed by atoms with E-state index in [1.165, 1.54) is 31.4 Å². The molecule has 0 saturated heterocycles. The zero-order valence-corrected chi connectivity index (χ0v) is 16.8. The van der Waals surface area contributed by atoms with E-state index < -0.39 is 22.3 Å². The Labute approximate surface area is 177 Å². The topological polar surface area (TPSA) is 99.9 Å². The van der Waals surface area contributed by atoms with E-state index in [-0.39, 0.29) is 17.1 Å². The smallest absolute Gasteiger partial charge is 0.286 e. The fourth-order valence-electron chi connectivity index (χ4n) is 2.78. The zero-order valence-electron chi connectivity index (χ0n) is 16.8. The van der Waals surface area contributed by atoms with Gasteiger partial charge in [-0.1, -0.05) is 6.07 Å². The highest BCUT2D eigenvalue weighted by Crippen LogP contribution is 2.35. The Balaban J connectivity index is 1.80. The van der Waals surface area contributed by atoms with Crippen molar-refractivity contribution in [1.29, 1.82) is 0 Å².